The highest BCUT2D eigenvalue weighted by atomic mass is 16.2. The zero-order chi connectivity index (χ0) is 15.4. The number of amides is 2. The quantitative estimate of drug-likeness (QED) is 0.597. The van der Waals surface area contributed by atoms with E-state index in [0.717, 1.165) is 16.9 Å². The van der Waals surface area contributed by atoms with Crippen molar-refractivity contribution in [3.63, 3.8) is 0 Å². The third-order valence-electron chi connectivity index (χ3n) is 3.17. The molecule has 5 nitrogen and oxygen atoms in total. The lowest BCUT2D eigenvalue weighted by Crippen LogP contribution is -2.31. The fourth-order valence-electron chi connectivity index (χ4n) is 1.83. The molecule has 0 aliphatic carbocycles. The fourth-order valence-corrected chi connectivity index (χ4v) is 1.83. The van der Waals surface area contributed by atoms with Crippen molar-refractivity contribution in [3.8, 4) is 0 Å². The van der Waals surface area contributed by atoms with Crippen molar-refractivity contribution in [3.05, 3.63) is 59.7 Å². The molecule has 2 aromatic carbocycles. The molecule has 0 aliphatic heterocycles. The van der Waals surface area contributed by atoms with Gasteiger partial charge in [-0.25, -0.2) is 4.79 Å². The molecule has 0 aliphatic rings. The van der Waals surface area contributed by atoms with Crippen LogP contribution in [0, 0.1) is 12.3 Å². The third kappa shape index (κ3) is 3.60. The molecule has 0 heterocycles. The van der Waals surface area contributed by atoms with E-state index in [-0.39, 0.29) is 11.9 Å². The summed E-state index contributed by atoms with van der Waals surface area (Å²) >= 11 is 0. The van der Waals surface area contributed by atoms with Crippen LogP contribution < -0.4 is 16.0 Å². The number of nitrogen functional groups attached to an aromatic ring is 1. The van der Waals surface area contributed by atoms with Gasteiger partial charge in [0.15, 0.2) is 0 Å². The average molecular weight is 282 g/mol. The van der Waals surface area contributed by atoms with Crippen molar-refractivity contribution in [2.24, 2.45) is 5.73 Å². The third-order valence-corrected chi connectivity index (χ3v) is 3.17. The van der Waals surface area contributed by atoms with Gasteiger partial charge in [0, 0.05) is 24.0 Å². The van der Waals surface area contributed by atoms with Gasteiger partial charge in [0.25, 0.3) is 0 Å². The van der Waals surface area contributed by atoms with Gasteiger partial charge >= 0.3 is 6.03 Å². The Bertz CT molecular complexity index is 647. The summed E-state index contributed by atoms with van der Waals surface area (Å²) in [6.45, 7) is 1.99. The van der Waals surface area contributed by atoms with Crippen LogP contribution >= 0.6 is 0 Å². The molecule has 4 N–H and O–H groups in total. The summed E-state index contributed by atoms with van der Waals surface area (Å²) < 4.78 is 0. The van der Waals surface area contributed by atoms with E-state index in [1.54, 1.807) is 31.3 Å². The molecule has 0 unspecified atom stereocenters. The lowest BCUT2D eigenvalue weighted by atomic mass is 10.2. The Balaban J connectivity index is 2.08. The highest BCUT2D eigenvalue weighted by Gasteiger charge is 2.11. The predicted octanol–water partition coefficient (Wildman–Crippen LogP) is 2.95. The summed E-state index contributed by atoms with van der Waals surface area (Å²) in [5, 5.41) is 10.2. The van der Waals surface area contributed by atoms with Gasteiger partial charge in [0.05, 0.1) is 0 Å². The van der Waals surface area contributed by atoms with E-state index in [1.807, 2.05) is 31.2 Å². The molecule has 0 spiro atoms. The maximum atomic E-state index is 12.2. The van der Waals surface area contributed by atoms with E-state index < -0.39 is 0 Å². The van der Waals surface area contributed by atoms with E-state index in [2.05, 4.69) is 5.32 Å². The number of hydrogen-bond donors (Lipinski definition) is 3. The number of carbonyl (C=O) groups excluding carboxylic acids is 1. The minimum atomic E-state index is -0.227. The van der Waals surface area contributed by atoms with E-state index >= 15 is 0 Å². The zero-order valence-corrected chi connectivity index (χ0v) is 12.1. The van der Waals surface area contributed by atoms with Crippen LogP contribution in [0.1, 0.15) is 11.1 Å². The standard InChI is InChI=1S/C16H18N4O/c1-11-3-7-13(8-4-11)19-16(21)20(2)14-9-5-12(6-10-14)15(17)18/h3-10H,1-2H3,(H3,17,18)(H,19,21). The van der Waals surface area contributed by atoms with Gasteiger partial charge in [0.1, 0.15) is 5.84 Å². The summed E-state index contributed by atoms with van der Waals surface area (Å²) in [6, 6.07) is 14.3. The number of rotatable bonds is 3. The van der Waals surface area contributed by atoms with Crippen LogP contribution in [0.4, 0.5) is 16.2 Å². The van der Waals surface area contributed by atoms with Crippen molar-refractivity contribution in [1.29, 1.82) is 5.41 Å². The number of amidine groups is 1. The molecule has 108 valence electrons. The summed E-state index contributed by atoms with van der Waals surface area (Å²) in [5.74, 6) is 0.00769. The molecule has 0 saturated heterocycles. The highest BCUT2D eigenvalue weighted by molar-refractivity contribution is 6.02. The summed E-state index contributed by atoms with van der Waals surface area (Å²) in [6.07, 6.45) is 0. The van der Waals surface area contributed by atoms with Crippen molar-refractivity contribution in [2.75, 3.05) is 17.3 Å². The molecule has 0 saturated carbocycles. The molecule has 2 aromatic rings. The fraction of sp³-hybridized carbons (Fsp3) is 0.125. The molecule has 21 heavy (non-hydrogen) atoms. The van der Waals surface area contributed by atoms with Gasteiger partial charge in [-0.15, -0.1) is 0 Å². The second-order valence-electron chi connectivity index (χ2n) is 4.82. The molecular formula is C16H18N4O. The molecule has 0 fully saturated rings. The Morgan fingerprint density at radius 1 is 1.10 bits per heavy atom. The molecule has 5 heteroatoms. The average Bonchev–Trinajstić information content (AvgIpc) is 2.49. The minimum absolute atomic E-state index is 0.00769. The number of nitrogens with one attached hydrogen (secondary N) is 2. The van der Waals surface area contributed by atoms with Crippen molar-refractivity contribution < 1.29 is 4.79 Å². The number of nitrogens with zero attached hydrogens (tertiary/aromatic N) is 1. The Labute approximate surface area is 123 Å². The normalized spacial score (nSPS) is 10.0. The number of carbonyl (C=O) groups is 1. The SMILES string of the molecule is Cc1ccc(NC(=O)N(C)c2ccc(C(=N)N)cc2)cc1. The summed E-state index contributed by atoms with van der Waals surface area (Å²) in [5.41, 5.74) is 8.65. The van der Waals surface area contributed by atoms with Crippen LogP contribution in [-0.2, 0) is 0 Å². The summed E-state index contributed by atoms with van der Waals surface area (Å²) in [7, 11) is 1.69. The largest absolute Gasteiger partial charge is 0.384 e. The second-order valence-corrected chi connectivity index (χ2v) is 4.82. The second kappa shape index (κ2) is 6.09. The molecule has 2 amide bonds. The van der Waals surface area contributed by atoms with Crippen LogP contribution in [0.15, 0.2) is 48.5 Å². The first kappa shape index (κ1) is 14.6. The summed E-state index contributed by atoms with van der Waals surface area (Å²) in [4.78, 5) is 13.7. The highest BCUT2D eigenvalue weighted by Crippen LogP contribution is 2.16. The number of nitrogens with two attached hydrogens (primary N) is 1. The van der Waals surface area contributed by atoms with E-state index in [4.69, 9.17) is 11.1 Å². The maximum absolute atomic E-state index is 12.2. The van der Waals surface area contributed by atoms with Gasteiger partial charge in [-0.2, -0.15) is 0 Å². The Morgan fingerprint density at radius 2 is 1.67 bits per heavy atom. The predicted molar refractivity (Wildman–Crippen MR) is 86.1 cm³/mol. The van der Waals surface area contributed by atoms with Gasteiger partial charge < -0.3 is 11.1 Å². The van der Waals surface area contributed by atoms with Crippen LogP contribution in [0.5, 0.6) is 0 Å². The van der Waals surface area contributed by atoms with Crippen molar-refractivity contribution in [2.45, 2.75) is 6.92 Å². The Hall–Kier alpha value is -2.82. The lowest BCUT2D eigenvalue weighted by Gasteiger charge is -2.18. The van der Waals surface area contributed by atoms with E-state index in [1.165, 1.54) is 4.90 Å². The molecular weight excluding hydrogens is 264 g/mol. The van der Waals surface area contributed by atoms with Crippen LogP contribution in [0.25, 0.3) is 0 Å². The number of anilines is 2. The van der Waals surface area contributed by atoms with Crippen LogP contribution in [-0.4, -0.2) is 18.9 Å². The lowest BCUT2D eigenvalue weighted by molar-refractivity contribution is 0.258. The van der Waals surface area contributed by atoms with Gasteiger partial charge in [-0.05, 0) is 43.3 Å². The van der Waals surface area contributed by atoms with Gasteiger partial charge in [0.2, 0.25) is 0 Å². The number of aryl methyl sites for hydroxylation is 1. The molecule has 0 radical (unpaired) electrons. The number of urea groups is 1. The first-order chi connectivity index (χ1) is 9.97. The molecule has 2 rings (SSSR count). The monoisotopic (exact) mass is 282 g/mol. The Kier molecular flexibility index (Phi) is 4.23. The van der Waals surface area contributed by atoms with Crippen molar-refractivity contribution in [1.82, 2.24) is 0 Å². The van der Waals surface area contributed by atoms with E-state index in [9.17, 15) is 4.79 Å². The molecule has 0 aromatic heterocycles. The Morgan fingerprint density at radius 3 is 2.19 bits per heavy atom. The minimum Gasteiger partial charge on any atom is -0.384 e. The molecule has 0 bridgehead atoms. The first-order valence-electron chi connectivity index (χ1n) is 6.53. The number of hydrogen-bond acceptors (Lipinski definition) is 2. The van der Waals surface area contributed by atoms with Crippen LogP contribution in [0.3, 0.4) is 0 Å². The smallest absolute Gasteiger partial charge is 0.326 e. The van der Waals surface area contributed by atoms with Gasteiger partial charge in [-0.1, -0.05) is 17.7 Å². The maximum Gasteiger partial charge on any atom is 0.326 e. The molecule has 0 atom stereocenters. The zero-order valence-electron chi connectivity index (χ0n) is 12.1. The van der Waals surface area contributed by atoms with Gasteiger partial charge in [-0.3, -0.25) is 10.3 Å². The van der Waals surface area contributed by atoms with Crippen molar-refractivity contribution >= 4 is 23.2 Å². The van der Waals surface area contributed by atoms with Crippen LogP contribution in [0.2, 0.25) is 0 Å². The topological polar surface area (TPSA) is 82.2 Å². The van der Waals surface area contributed by atoms with E-state index in [0.29, 0.717) is 5.56 Å². The number of benzene rings is 2. The first-order valence-corrected chi connectivity index (χ1v) is 6.53.